The lowest BCUT2D eigenvalue weighted by atomic mass is 10.1. The van der Waals surface area contributed by atoms with Crippen LogP contribution in [0.2, 0.25) is 0 Å². The molecule has 0 atom stereocenters. The topological polar surface area (TPSA) is 53.9 Å². The van der Waals surface area contributed by atoms with E-state index in [9.17, 15) is 9.59 Å². The van der Waals surface area contributed by atoms with Crippen molar-refractivity contribution in [2.24, 2.45) is 0 Å². The van der Waals surface area contributed by atoms with Crippen LogP contribution in [0.25, 0.3) is 0 Å². The zero-order valence-electron chi connectivity index (χ0n) is 17.8. The number of nitrogens with zero attached hydrogens (tertiary/aromatic N) is 1. The number of quaternary nitrogens is 1. The lowest BCUT2D eigenvalue weighted by molar-refractivity contribution is -0.917. The highest BCUT2D eigenvalue weighted by Crippen LogP contribution is 2.19. The molecule has 2 N–H and O–H groups in total. The lowest BCUT2D eigenvalue weighted by Gasteiger charge is -2.32. The van der Waals surface area contributed by atoms with Crippen LogP contribution in [0, 0.1) is 6.92 Å². The van der Waals surface area contributed by atoms with Crippen LogP contribution < -0.4 is 10.2 Å². The van der Waals surface area contributed by atoms with E-state index in [-0.39, 0.29) is 11.8 Å². The molecule has 1 heterocycles. The molecular formula is C26H28N3O2+. The standard InChI is InChI=1S/C26H27N3O2/c1-20-9-5-6-12-22(20)25(30)27-24-14-8-7-13-23(24)26(31)29-17-15-28(16-18-29)19-21-10-3-2-4-11-21/h2-14H,15-19H2,1H3,(H,27,30)/p+1. The molecule has 0 bridgehead atoms. The Kier molecular flexibility index (Phi) is 6.43. The Hall–Kier alpha value is -3.44. The summed E-state index contributed by atoms with van der Waals surface area (Å²) in [5, 5.41) is 2.94. The van der Waals surface area contributed by atoms with Crippen LogP contribution >= 0.6 is 0 Å². The molecule has 3 aromatic carbocycles. The molecule has 5 heteroatoms. The Morgan fingerprint density at radius 1 is 0.839 bits per heavy atom. The number of carbonyl (C=O) groups is 2. The van der Waals surface area contributed by atoms with Gasteiger partial charge in [0.2, 0.25) is 0 Å². The number of para-hydroxylation sites is 1. The first-order valence-corrected chi connectivity index (χ1v) is 10.7. The second-order valence-electron chi connectivity index (χ2n) is 8.02. The minimum absolute atomic E-state index is 0.0283. The van der Waals surface area contributed by atoms with E-state index in [4.69, 9.17) is 0 Å². The Balaban J connectivity index is 1.41. The minimum atomic E-state index is -0.199. The molecule has 0 aromatic heterocycles. The summed E-state index contributed by atoms with van der Waals surface area (Å²) in [5.74, 6) is -0.227. The SMILES string of the molecule is Cc1ccccc1C(=O)Nc1ccccc1C(=O)N1CC[NH+](Cc2ccccc2)CC1. The van der Waals surface area contributed by atoms with Crippen molar-refractivity contribution in [3.63, 3.8) is 0 Å². The maximum absolute atomic E-state index is 13.2. The maximum atomic E-state index is 13.2. The van der Waals surface area contributed by atoms with Gasteiger partial charge in [-0.3, -0.25) is 9.59 Å². The smallest absolute Gasteiger partial charge is 0.256 e. The van der Waals surface area contributed by atoms with Crippen LogP contribution in [0.4, 0.5) is 5.69 Å². The predicted octanol–water partition coefficient (Wildman–Crippen LogP) is 2.79. The summed E-state index contributed by atoms with van der Waals surface area (Å²) in [6, 6.07) is 25.2. The first-order chi connectivity index (χ1) is 15.1. The quantitative estimate of drug-likeness (QED) is 0.675. The van der Waals surface area contributed by atoms with E-state index in [1.54, 1.807) is 18.2 Å². The third-order valence-electron chi connectivity index (χ3n) is 5.85. The number of aryl methyl sites for hydroxylation is 1. The van der Waals surface area contributed by atoms with Crippen LogP contribution in [0.15, 0.2) is 78.9 Å². The zero-order chi connectivity index (χ0) is 21.6. The minimum Gasteiger partial charge on any atom is -0.328 e. The molecule has 4 rings (SSSR count). The van der Waals surface area contributed by atoms with Gasteiger partial charge in [0.1, 0.15) is 6.54 Å². The molecule has 2 amide bonds. The molecule has 1 fully saturated rings. The molecule has 1 aliphatic rings. The number of anilines is 1. The molecule has 31 heavy (non-hydrogen) atoms. The fourth-order valence-electron chi connectivity index (χ4n) is 4.05. The molecule has 0 aliphatic carbocycles. The van der Waals surface area contributed by atoms with Gasteiger partial charge in [0.15, 0.2) is 0 Å². The van der Waals surface area contributed by atoms with E-state index in [1.807, 2.05) is 48.2 Å². The van der Waals surface area contributed by atoms with Gasteiger partial charge in [-0.2, -0.15) is 0 Å². The number of rotatable bonds is 5. The predicted molar refractivity (Wildman–Crippen MR) is 122 cm³/mol. The summed E-state index contributed by atoms with van der Waals surface area (Å²) in [6.45, 7) is 6.13. The van der Waals surface area contributed by atoms with Crippen molar-refractivity contribution in [1.29, 1.82) is 0 Å². The maximum Gasteiger partial charge on any atom is 0.256 e. The fourth-order valence-corrected chi connectivity index (χ4v) is 4.05. The largest absolute Gasteiger partial charge is 0.328 e. The van der Waals surface area contributed by atoms with Gasteiger partial charge in [0.05, 0.1) is 37.4 Å². The molecule has 0 radical (unpaired) electrons. The van der Waals surface area contributed by atoms with Crippen LogP contribution in [0.1, 0.15) is 31.8 Å². The molecule has 158 valence electrons. The van der Waals surface area contributed by atoms with Gasteiger partial charge in [-0.15, -0.1) is 0 Å². The van der Waals surface area contributed by atoms with Crippen LogP contribution in [0.5, 0.6) is 0 Å². The van der Waals surface area contributed by atoms with Gasteiger partial charge < -0.3 is 15.1 Å². The first-order valence-electron chi connectivity index (χ1n) is 10.7. The molecule has 0 spiro atoms. The summed E-state index contributed by atoms with van der Waals surface area (Å²) >= 11 is 0. The highest BCUT2D eigenvalue weighted by Gasteiger charge is 2.26. The average Bonchev–Trinajstić information content (AvgIpc) is 2.80. The highest BCUT2D eigenvalue weighted by molar-refractivity contribution is 6.09. The van der Waals surface area contributed by atoms with Crippen LogP contribution in [-0.2, 0) is 6.54 Å². The van der Waals surface area contributed by atoms with E-state index in [0.29, 0.717) is 29.9 Å². The van der Waals surface area contributed by atoms with Crippen LogP contribution in [0.3, 0.4) is 0 Å². The van der Waals surface area contributed by atoms with Gasteiger partial charge in [-0.25, -0.2) is 0 Å². The van der Waals surface area contributed by atoms with Gasteiger partial charge in [0.25, 0.3) is 11.8 Å². The number of carbonyl (C=O) groups excluding carboxylic acids is 2. The van der Waals surface area contributed by atoms with Crippen molar-refractivity contribution in [3.8, 4) is 0 Å². The first kappa shape index (κ1) is 20.8. The second kappa shape index (κ2) is 9.58. The van der Waals surface area contributed by atoms with Crippen molar-refractivity contribution in [2.45, 2.75) is 13.5 Å². The Morgan fingerprint density at radius 2 is 1.45 bits per heavy atom. The molecule has 1 saturated heterocycles. The van der Waals surface area contributed by atoms with Crippen molar-refractivity contribution in [3.05, 3.63) is 101 Å². The molecule has 1 aliphatic heterocycles. The summed E-state index contributed by atoms with van der Waals surface area (Å²) in [7, 11) is 0. The number of nitrogens with one attached hydrogen (secondary N) is 2. The second-order valence-corrected chi connectivity index (χ2v) is 8.02. The highest BCUT2D eigenvalue weighted by atomic mass is 16.2. The normalized spacial score (nSPS) is 14.3. The Bertz CT molecular complexity index is 1060. The number of benzene rings is 3. The molecule has 3 aromatic rings. The van der Waals surface area contributed by atoms with E-state index < -0.39 is 0 Å². The number of hydrogen-bond acceptors (Lipinski definition) is 2. The van der Waals surface area contributed by atoms with Crippen molar-refractivity contribution in [2.75, 3.05) is 31.5 Å². The average molecular weight is 415 g/mol. The van der Waals surface area contributed by atoms with Crippen LogP contribution in [-0.4, -0.2) is 42.9 Å². The van der Waals surface area contributed by atoms with Crippen molar-refractivity contribution >= 4 is 17.5 Å². The van der Waals surface area contributed by atoms with E-state index in [0.717, 1.165) is 25.2 Å². The molecule has 0 saturated carbocycles. The Labute approximate surface area is 183 Å². The summed E-state index contributed by atoms with van der Waals surface area (Å²) in [4.78, 5) is 29.4. The van der Waals surface area contributed by atoms with Gasteiger partial charge in [0, 0.05) is 11.1 Å². The third-order valence-corrected chi connectivity index (χ3v) is 5.85. The van der Waals surface area contributed by atoms with Gasteiger partial charge >= 0.3 is 0 Å². The molecule has 5 nitrogen and oxygen atoms in total. The fraction of sp³-hybridized carbons (Fsp3) is 0.231. The van der Waals surface area contributed by atoms with Gasteiger partial charge in [-0.05, 0) is 30.7 Å². The monoisotopic (exact) mass is 414 g/mol. The zero-order valence-corrected chi connectivity index (χ0v) is 17.8. The van der Waals surface area contributed by atoms with Crippen molar-refractivity contribution < 1.29 is 14.5 Å². The molecular weight excluding hydrogens is 386 g/mol. The molecule has 0 unspecified atom stereocenters. The van der Waals surface area contributed by atoms with E-state index >= 15 is 0 Å². The van der Waals surface area contributed by atoms with E-state index in [1.165, 1.54) is 10.5 Å². The van der Waals surface area contributed by atoms with Crippen molar-refractivity contribution in [1.82, 2.24) is 4.90 Å². The Morgan fingerprint density at radius 3 is 2.16 bits per heavy atom. The lowest BCUT2D eigenvalue weighted by Crippen LogP contribution is -3.13. The van der Waals surface area contributed by atoms with E-state index in [2.05, 4.69) is 29.6 Å². The number of hydrogen-bond donors (Lipinski definition) is 2. The number of piperazine rings is 1. The number of amides is 2. The third kappa shape index (κ3) is 5.01. The van der Waals surface area contributed by atoms with Gasteiger partial charge in [-0.1, -0.05) is 60.7 Å². The summed E-state index contributed by atoms with van der Waals surface area (Å²) in [5.41, 5.74) is 3.93. The summed E-state index contributed by atoms with van der Waals surface area (Å²) in [6.07, 6.45) is 0. The summed E-state index contributed by atoms with van der Waals surface area (Å²) < 4.78 is 0.